The van der Waals surface area contributed by atoms with Crippen LogP contribution in [0.15, 0.2) is 11.0 Å². The summed E-state index contributed by atoms with van der Waals surface area (Å²) in [5.41, 5.74) is 3.60. The minimum Gasteiger partial charge on any atom is -0.468 e. The smallest absolute Gasteiger partial charge is 0.319 e. The highest BCUT2D eigenvalue weighted by Gasteiger charge is 2.32. The molecule has 0 aliphatic carbocycles. The number of rotatable bonds is 4. The van der Waals surface area contributed by atoms with Crippen LogP contribution in [0, 0.1) is 27.7 Å². The van der Waals surface area contributed by atoms with Crippen molar-refractivity contribution in [1.82, 2.24) is 9.21 Å². The number of sulfonamides is 1. The summed E-state index contributed by atoms with van der Waals surface area (Å²) in [7, 11) is -2.18. The van der Waals surface area contributed by atoms with Gasteiger partial charge in [0.05, 0.1) is 18.6 Å². The molecule has 0 spiro atoms. The van der Waals surface area contributed by atoms with Gasteiger partial charge in [0.15, 0.2) is 0 Å². The summed E-state index contributed by atoms with van der Waals surface area (Å²) >= 11 is 0. The molecule has 1 aliphatic heterocycles. The van der Waals surface area contributed by atoms with E-state index in [1.165, 1.54) is 11.4 Å². The Balaban J connectivity index is 2.23. The topological polar surface area (TPSA) is 66.9 Å². The molecule has 1 aromatic rings. The van der Waals surface area contributed by atoms with E-state index in [-0.39, 0.29) is 12.5 Å². The fourth-order valence-electron chi connectivity index (χ4n) is 3.07. The third kappa shape index (κ3) is 3.63. The predicted molar refractivity (Wildman–Crippen MR) is 92.6 cm³/mol. The number of carbonyl (C=O) groups is 1. The van der Waals surface area contributed by atoms with E-state index >= 15 is 0 Å². The van der Waals surface area contributed by atoms with Crippen LogP contribution in [0.5, 0.6) is 0 Å². The van der Waals surface area contributed by atoms with Crippen molar-refractivity contribution in [2.45, 2.75) is 32.6 Å². The highest BCUT2D eigenvalue weighted by molar-refractivity contribution is 7.89. The molecule has 0 bridgehead atoms. The molecule has 1 heterocycles. The van der Waals surface area contributed by atoms with E-state index in [9.17, 15) is 13.2 Å². The van der Waals surface area contributed by atoms with E-state index in [1.807, 2.05) is 38.7 Å². The summed E-state index contributed by atoms with van der Waals surface area (Å²) in [6, 6.07) is 2.03. The second kappa shape index (κ2) is 7.21. The highest BCUT2D eigenvalue weighted by atomic mass is 32.2. The SMILES string of the molecule is COC(=O)CN1CCN(S(=O)(=O)c2c(C)c(C)cc(C)c2C)CC1. The zero-order valence-electron chi connectivity index (χ0n) is 15.0. The fraction of sp³-hybridized carbons (Fsp3) is 0.588. The van der Waals surface area contributed by atoms with E-state index in [4.69, 9.17) is 0 Å². The van der Waals surface area contributed by atoms with Crippen molar-refractivity contribution < 1.29 is 17.9 Å². The maximum Gasteiger partial charge on any atom is 0.319 e. The number of benzene rings is 1. The molecular formula is C17H26N2O4S. The third-order valence-corrected chi connectivity index (χ3v) is 6.98. The van der Waals surface area contributed by atoms with Gasteiger partial charge in [0.25, 0.3) is 0 Å². The zero-order chi connectivity index (χ0) is 18.1. The van der Waals surface area contributed by atoms with Crippen molar-refractivity contribution in [3.8, 4) is 0 Å². The van der Waals surface area contributed by atoms with Crippen LogP contribution in [0.1, 0.15) is 22.3 Å². The molecule has 134 valence electrons. The lowest BCUT2D eigenvalue weighted by Crippen LogP contribution is -2.50. The maximum absolute atomic E-state index is 13.1. The van der Waals surface area contributed by atoms with Gasteiger partial charge in [-0.05, 0) is 49.9 Å². The second-order valence-corrected chi connectivity index (χ2v) is 8.22. The van der Waals surface area contributed by atoms with E-state index in [0.717, 1.165) is 22.3 Å². The van der Waals surface area contributed by atoms with Gasteiger partial charge in [0.1, 0.15) is 0 Å². The highest BCUT2D eigenvalue weighted by Crippen LogP contribution is 2.29. The Labute approximate surface area is 144 Å². The van der Waals surface area contributed by atoms with Crippen LogP contribution in [0.3, 0.4) is 0 Å². The number of aryl methyl sites for hydroxylation is 2. The first-order valence-electron chi connectivity index (χ1n) is 8.05. The van der Waals surface area contributed by atoms with E-state index in [0.29, 0.717) is 31.1 Å². The van der Waals surface area contributed by atoms with Crippen LogP contribution in [0.2, 0.25) is 0 Å². The Morgan fingerprint density at radius 3 is 2.00 bits per heavy atom. The summed E-state index contributed by atoms with van der Waals surface area (Å²) in [6.07, 6.45) is 0. The van der Waals surface area contributed by atoms with E-state index in [2.05, 4.69) is 4.74 Å². The summed E-state index contributed by atoms with van der Waals surface area (Å²) in [5.74, 6) is -0.299. The van der Waals surface area contributed by atoms with Gasteiger partial charge in [-0.2, -0.15) is 4.31 Å². The Morgan fingerprint density at radius 2 is 1.54 bits per heavy atom. The van der Waals surface area contributed by atoms with Gasteiger partial charge >= 0.3 is 5.97 Å². The molecule has 6 nitrogen and oxygen atoms in total. The molecule has 0 unspecified atom stereocenters. The first-order chi connectivity index (χ1) is 11.2. The van der Waals surface area contributed by atoms with Crippen LogP contribution < -0.4 is 0 Å². The average Bonchev–Trinajstić information content (AvgIpc) is 2.53. The zero-order valence-corrected chi connectivity index (χ0v) is 15.9. The quantitative estimate of drug-likeness (QED) is 0.765. The molecule has 1 fully saturated rings. The molecule has 2 rings (SSSR count). The number of esters is 1. The van der Waals surface area contributed by atoms with Crippen molar-refractivity contribution in [3.63, 3.8) is 0 Å². The molecule has 24 heavy (non-hydrogen) atoms. The first kappa shape index (κ1) is 18.9. The summed E-state index contributed by atoms with van der Waals surface area (Å²) < 4.78 is 32.5. The van der Waals surface area contributed by atoms with Gasteiger partial charge in [0, 0.05) is 26.2 Å². The Kier molecular flexibility index (Phi) is 5.67. The molecule has 0 saturated carbocycles. The lowest BCUT2D eigenvalue weighted by molar-refractivity contribution is -0.142. The monoisotopic (exact) mass is 354 g/mol. The number of hydrogen-bond donors (Lipinski definition) is 0. The largest absolute Gasteiger partial charge is 0.468 e. The van der Waals surface area contributed by atoms with Crippen molar-refractivity contribution in [3.05, 3.63) is 28.3 Å². The average molecular weight is 354 g/mol. The number of piperazine rings is 1. The Bertz CT molecular complexity index is 709. The summed E-state index contributed by atoms with van der Waals surface area (Å²) in [6.45, 7) is 9.62. The number of hydrogen-bond acceptors (Lipinski definition) is 5. The molecular weight excluding hydrogens is 328 g/mol. The standard InChI is InChI=1S/C17H26N2O4S/c1-12-10-13(2)15(4)17(14(12)3)24(21,22)19-8-6-18(7-9-19)11-16(20)23-5/h10H,6-9,11H2,1-5H3. The van der Waals surface area contributed by atoms with Crippen molar-refractivity contribution >= 4 is 16.0 Å². The lowest BCUT2D eigenvalue weighted by Gasteiger charge is -2.34. The van der Waals surface area contributed by atoms with Gasteiger partial charge in [-0.25, -0.2) is 8.42 Å². The van der Waals surface area contributed by atoms with Crippen LogP contribution in [-0.4, -0.2) is 63.4 Å². The van der Waals surface area contributed by atoms with Gasteiger partial charge in [0.2, 0.25) is 10.0 Å². The first-order valence-corrected chi connectivity index (χ1v) is 9.49. The number of nitrogens with zero attached hydrogens (tertiary/aromatic N) is 2. The number of carbonyl (C=O) groups excluding carboxylic acids is 1. The molecule has 0 atom stereocenters. The minimum atomic E-state index is -3.54. The summed E-state index contributed by atoms with van der Waals surface area (Å²) in [5, 5.41) is 0. The van der Waals surface area contributed by atoms with Crippen molar-refractivity contribution in [2.75, 3.05) is 39.8 Å². The third-order valence-electron chi connectivity index (χ3n) is 4.81. The molecule has 0 N–H and O–H groups in total. The molecule has 7 heteroatoms. The van der Waals surface area contributed by atoms with Gasteiger partial charge in [-0.1, -0.05) is 6.07 Å². The predicted octanol–water partition coefficient (Wildman–Crippen LogP) is 1.40. The normalized spacial score (nSPS) is 17.0. The number of ether oxygens (including phenoxy) is 1. The molecule has 0 radical (unpaired) electrons. The van der Waals surface area contributed by atoms with E-state index in [1.54, 1.807) is 0 Å². The van der Waals surface area contributed by atoms with Crippen LogP contribution in [-0.2, 0) is 19.6 Å². The molecule has 1 aromatic carbocycles. The molecule has 0 aromatic heterocycles. The second-order valence-electron chi connectivity index (χ2n) is 6.35. The van der Waals surface area contributed by atoms with Gasteiger partial charge in [-0.3, -0.25) is 9.69 Å². The van der Waals surface area contributed by atoms with Crippen LogP contribution in [0.4, 0.5) is 0 Å². The van der Waals surface area contributed by atoms with E-state index < -0.39 is 10.0 Å². The van der Waals surface area contributed by atoms with Crippen molar-refractivity contribution in [1.29, 1.82) is 0 Å². The Hall–Kier alpha value is -1.44. The summed E-state index contributed by atoms with van der Waals surface area (Å²) in [4.78, 5) is 13.7. The lowest BCUT2D eigenvalue weighted by atomic mass is 10.0. The molecule has 0 amide bonds. The molecule has 1 aliphatic rings. The maximum atomic E-state index is 13.1. The number of methoxy groups -OCH3 is 1. The van der Waals surface area contributed by atoms with Crippen molar-refractivity contribution in [2.24, 2.45) is 0 Å². The minimum absolute atomic E-state index is 0.200. The van der Waals surface area contributed by atoms with Gasteiger partial charge < -0.3 is 4.74 Å². The van der Waals surface area contributed by atoms with Crippen LogP contribution in [0.25, 0.3) is 0 Å². The van der Waals surface area contributed by atoms with Gasteiger partial charge in [-0.15, -0.1) is 0 Å². The molecule has 1 saturated heterocycles. The van der Waals surface area contributed by atoms with Crippen LogP contribution >= 0.6 is 0 Å². The Morgan fingerprint density at radius 1 is 1.04 bits per heavy atom. The fourth-order valence-corrected chi connectivity index (χ4v) is 5.07.